The van der Waals surface area contributed by atoms with Gasteiger partial charge >= 0.3 is 0 Å². The molecule has 2 heterocycles. The fourth-order valence-electron chi connectivity index (χ4n) is 3.91. The maximum Gasteiger partial charge on any atom is 0.243 e. The summed E-state index contributed by atoms with van der Waals surface area (Å²) in [5, 5.41) is 0.495. The number of anilines is 1. The summed E-state index contributed by atoms with van der Waals surface area (Å²) < 4.78 is 41.2. The Labute approximate surface area is 192 Å². The van der Waals surface area contributed by atoms with Gasteiger partial charge in [-0.1, -0.05) is 30.7 Å². The normalized spacial score (nSPS) is 15.2. The van der Waals surface area contributed by atoms with Crippen LogP contribution in [0.3, 0.4) is 0 Å². The van der Waals surface area contributed by atoms with Crippen LogP contribution < -0.4 is 4.90 Å². The maximum atomic E-state index is 13.7. The first-order chi connectivity index (χ1) is 15.3. The summed E-state index contributed by atoms with van der Waals surface area (Å²) in [7, 11) is -3.59. The van der Waals surface area contributed by atoms with Crippen molar-refractivity contribution in [2.75, 3.05) is 31.1 Å². The van der Waals surface area contributed by atoms with Gasteiger partial charge in [0.05, 0.1) is 4.90 Å². The van der Waals surface area contributed by atoms with Crippen molar-refractivity contribution in [1.82, 2.24) is 14.3 Å². The van der Waals surface area contributed by atoms with Crippen LogP contribution in [0.25, 0.3) is 11.4 Å². The SMILES string of the molecule is CCc1c(C)nc(-c2cccc(F)c2)nc1N1CCN(S(=O)(=O)c2ccc(Cl)cc2)CC1. The van der Waals surface area contributed by atoms with Crippen molar-refractivity contribution in [3.8, 4) is 11.4 Å². The largest absolute Gasteiger partial charge is 0.354 e. The van der Waals surface area contributed by atoms with Crippen LogP contribution in [0.4, 0.5) is 10.2 Å². The zero-order chi connectivity index (χ0) is 22.9. The molecule has 0 aliphatic carbocycles. The maximum absolute atomic E-state index is 13.7. The van der Waals surface area contributed by atoms with Gasteiger partial charge in [0.2, 0.25) is 10.0 Å². The highest BCUT2D eigenvalue weighted by atomic mass is 35.5. The number of halogens is 2. The molecular formula is C23H24ClFN4O2S. The topological polar surface area (TPSA) is 66.4 Å². The number of hydrogen-bond donors (Lipinski definition) is 0. The molecule has 4 rings (SSSR count). The van der Waals surface area contributed by atoms with Gasteiger partial charge in [-0.05, 0) is 49.7 Å². The molecule has 0 radical (unpaired) electrons. The predicted molar refractivity (Wildman–Crippen MR) is 124 cm³/mol. The molecule has 0 N–H and O–H groups in total. The van der Waals surface area contributed by atoms with Crippen LogP contribution in [-0.2, 0) is 16.4 Å². The van der Waals surface area contributed by atoms with Gasteiger partial charge in [0.15, 0.2) is 5.82 Å². The number of rotatable bonds is 5. The number of sulfonamides is 1. The summed E-state index contributed by atoms with van der Waals surface area (Å²) >= 11 is 5.89. The first kappa shape index (κ1) is 22.6. The number of hydrogen-bond acceptors (Lipinski definition) is 5. The van der Waals surface area contributed by atoms with Crippen LogP contribution in [0, 0.1) is 12.7 Å². The number of aryl methyl sites for hydroxylation is 1. The van der Waals surface area contributed by atoms with Crippen molar-refractivity contribution in [2.24, 2.45) is 0 Å². The molecule has 0 amide bonds. The monoisotopic (exact) mass is 474 g/mol. The lowest BCUT2D eigenvalue weighted by Gasteiger charge is -2.35. The molecule has 2 aromatic carbocycles. The lowest BCUT2D eigenvalue weighted by molar-refractivity contribution is 0.383. The smallest absolute Gasteiger partial charge is 0.243 e. The first-order valence-corrected chi connectivity index (χ1v) is 12.3. The van der Waals surface area contributed by atoms with Crippen molar-refractivity contribution in [1.29, 1.82) is 0 Å². The van der Waals surface area contributed by atoms with Gasteiger partial charge in [-0.2, -0.15) is 4.31 Å². The Morgan fingerprint density at radius 3 is 2.34 bits per heavy atom. The second-order valence-electron chi connectivity index (χ2n) is 7.64. The third-order valence-corrected chi connectivity index (χ3v) is 7.78. The van der Waals surface area contributed by atoms with Crippen molar-refractivity contribution in [2.45, 2.75) is 25.2 Å². The Balaban J connectivity index is 1.59. The van der Waals surface area contributed by atoms with E-state index in [0.717, 1.165) is 23.5 Å². The van der Waals surface area contributed by atoms with Gasteiger partial charge < -0.3 is 4.90 Å². The summed E-state index contributed by atoms with van der Waals surface area (Å²) in [6.45, 7) is 5.64. The van der Waals surface area contributed by atoms with Gasteiger partial charge in [-0.3, -0.25) is 0 Å². The zero-order valence-corrected chi connectivity index (χ0v) is 19.5. The second-order valence-corrected chi connectivity index (χ2v) is 10.0. The number of piperazine rings is 1. The third-order valence-electron chi connectivity index (χ3n) is 5.62. The predicted octanol–water partition coefficient (Wildman–Crippen LogP) is 4.32. The fraction of sp³-hybridized carbons (Fsp3) is 0.304. The molecule has 0 atom stereocenters. The molecule has 0 saturated carbocycles. The highest BCUT2D eigenvalue weighted by molar-refractivity contribution is 7.89. The Morgan fingerprint density at radius 1 is 1.03 bits per heavy atom. The molecule has 1 aromatic heterocycles. The Morgan fingerprint density at radius 2 is 1.72 bits per heavy atom. The van der Waals surface area contributed by atoms with Crippen LogP contribution in [0.1, 0.15) is 18.2 Å². The van der Waals surface area contributed by atoms with Gasteiger partial charge in [-0.15, -0.1) is 0 Å². The molecule has 168 valence electrons. The van der Waals surface area contributed by atoms with Crippen molar-refractivity contribution < 1.29 is 12.8 Å². The van der Waals surface area contributed by atoms with Crippen LogP contribution >= 0.6 is 11.6 Å². The average Bonchev–Trinajstić information content (AvgIpc) is 2.79. The van der Waals surface area contributed by atoms with E-state index in [-0.39, 0.29) is 10.7 Å². The second kappa shape index (κ2) is 9.13. The van der Waals surface area contributed by atoms with Crippen molar-refractivity contribution >= 4 is 27.4 Å². The van der Waals surface area contributed by atoms with E-state index in [9.17, 15) is 12.8 Å². The molecule has 1 saturated heterocycles. The molecule has 1 aliphatic rings. The van der Waals surface area contributed by atoms with Gasteiger partial charge in [0, 0.05) is 48.0 Å². The van der Waals surface area contributed by atoms with E-state index in [1.165, 1.54) is 28.6 Å². The first-order valence-electron chi connectivity index (χ1n) is 10.4. The lowest BCUT2D eigenvalue weighted by atomic mass is 10.1. The molecule has 9 heteroatoms. The van der Waals surface area contributed by atoms with Crippen LogP contribution in [0.2, 0.25) is 5.02 Å². The molecule has 0 bridgehead atoms. The van der Waals surface area contributed by atoms with E-state index in [0.29, 0.717) is 42.6 Å². The molecule has 3 aromatic rings. The quantitative estimate of drug-likeness (QED) is 0.551. The molecule has 32 heavy (non-hydrogen) atoms. The highest BCUT2D eigenvalue weighted by Crippen LogP contribution is 2.28. The molecular weight excluding hydrogens is 451 g/mol. The van der Waals surface area contributed by atoms with E-state index >= 15 is 0 Å². The molecule has 0 unspecified atom stereocenters. The van der Waals surface area contributed by atoms with Gasteiger partial charge in [0.1, 0.15) is 11.6 Å². The van der Waals surface area contributed by atoms with Crippen molar-refractivity contribution in [3.05, 3.63) is 70.6 Å². The summed E-state index contributed by atoms with van der Waals surface area (Å²) in [6.07, 6.45) is 0.744. The van der Waals surface area contributed by atoms with E-state index in [1.807, 2.05) is 13.8 Å². The minimum atomic E-state index is -3.59. The molecule has 0 spiro atoms. The minimum Gasteiger partial charge on any atom is -0.354 e. The third kappa shape index (κ3) is 4.48. The van der Waals surface area contributed by atoms with E-state index < -0.39 is 10.0 Å². The number of aromatic nitrogens is 2. The summed E-state index contributed by atoms with van der Waals surface area (Å²) in [5.74, 6) is 0.902. The fourth-order valence-corrected chi connectivity index (χ4v) is 5.46. The van der Waals surface area contributed by atoms with E-state index in [4.69, 9.17) is 16.6 Å². The highest BCUT2D eigenvalue weighted by Gasteiger charge is 2.30. The van der Waals surface area contributed by atoms with Gasteiger partial charge in [0.25, 0.3) is 0 Å². The molecule has 1 aliphatic heterocycles. The van der Waals surface area contributed by atoms with Gasteiger partial charge in [-0.25, -0.2) is 22.8 Å². The minimum absolute atomic E-state index is 0.232. The van der Waals surface area contributed by atoms with Crippen molar-refractivity contribution in [3.63, 3.8) is 0 Å². The van der Waals surface area contributed by atoms with E-state index in [1.54, 1.807) is 24.3 Å². The molecule has 1 fully saturated rings. The zero-order valence-electron chi connectivity index (χ0n) is 17.9. The van der Waals surface area contributed by atoms with Crippen LogP contribution in [-0.4, -0.2) is 48.9 Å². The summed E-state index contributed by atoms with van der Waals surface area (Å²) in [5.41, 5.74) is 2.47. The van der Waals surface area contributed by atoms with Crippen LogP contribution in [0.5, 0.6) is 0 Å². The summed E-state index contributed by atoms with van der Waals surface area (Å²) in [4.78, 5) is 11.7. The standard InChI is InChI=1S/C23H24ClFN4O2S/c1-3-21-16(2)26-22(17-5-4-6-19(25)15-17)27-23(21)28-11-13-29(14-12-28)32(30,31)20-9-7-18(24)8-10-20/h4-10,15H,3,11-14H2,1-2H3. The lowest BCUT2D eigenvalue weighted by Crippen LogP contribution is -2.49. The van der Waals surface area contributed by atoms with E-state index in [2.05, 4.69) is 9.88 Å². The van der Waals surface area contributed by atoms with Crippen LogP contribution in [0.15, 0.2) is 53.4 Å². The number of nitrogens with zero attached hydrogens (tertiary/aromatic N) is 4. The Hall–Kier alpha value is -2.55. The Bertz CT molecular complexity index is 1230. The average molecular weight is 475 g/mol. The summed E-state index contributed by atoms with van der Waals surface area (Å²) in [6, 6.07) is 12.4. The number of benzene rings is 2. The Kier molecular flexibility index (Phi) is 6.46. The molecule has 6 nitrogen and oxygen atoms in total.